The number of hydrogen-bond acceptors (Lipinski definition) is 6. The number of benzene rings is 1. The van der Waals surface area contributed by atoms with Crippen LogP contribution in [0.3, 0.4) is 0 Å². The molecule has 8 heteroatoms. The Morgan fingerprint density at radius 3 is 2.87 bits per heavy atom. The first kappa shape index (κ1) is 20.7. The van der Waals surface area contributed by atoms with E-state index in [1.165, 1.54) is 10.6 Å². The second-order valence-electron chi connectivity index (χ2n) is 7.70. The molecule has 1 unspecified atom stereocenters. The Bertz CT molecular complexity index is 1250. The highest BCUT2D eigenvalue weighted by Crippen LogP contribution is 2.23. The summed E-state index contributed by atoms with van der Waals surface area (Å²) in [5.74, 6) is 6.12. The molecule has 0 radical (unpaired) electrons. The number of Topliss-reactive ketones (excluding diaryl/α,β-unsaturated/α-hetero) is 1. The van der Waals surface area contributed by atoms with Crippen molar-refractivity contribution in [3.8, 4) is 17.6 Å². The highest BCUT2D eigenvalue weighted by Gasteiger charge is 2.24. The van der Waals surface area contributed by atoms with Crippen molar-refractivity contribution in [3.63, 3.8) is 0 Å². The molecular formula is C23H25N5O3. The first-order valence-electron chi connectivity index (χ1n) is 10.3. The van der Waals surface area contributed by atoms with Crippen LogP contribution in [0.4, 0.5) is 5.95 Å². The van der Waals surface area contributed by atoms with Crippen molar-refractivity contribution >= 4 is 22.8 Å². The number of rotatable bonds is 5. The Labute approximate surface area is 179 Å². The molecule has 0 saturated carbocycles. The number of phenols is 1. The highest BCUT2D eigenvalue weighted by atomic mass is 16.3. The summed E-state index contributed by atoms with van der Waals surface area (Å²) in [4.78, 5) is 32.8. The number of phenolic OH excluding ortho intramolecular Hbond substituents is 1. The molecule has 3 heterocycles. The molecule has 1 saturated heterocycles. The third kappa shape index (κ3) is 4.05. The van der Waals surface area contributed by atoms with Gasteiger partial charge in [0.25, 0.3) is 5.56 Å². The SMILES string of the molecule is CC#CCn1c(N2CCCC(N)C2)nc2ccn(CC(=O)c3ccccc3O)c(=O)c21. The van der Waals surface area contributed by atoms with Crippen molar-refractivity contribution in [2.45, 2.75) is 38.9 Å². The summed E-state index contributed by atoms with van der Waals surface area (Å²) in [6.07, 6.45) is 3.49. The van der Waals surface area contributed by atoms with E-state index >= 15 is 0 Å². The van der Waals surface area contributed by atoms with Gasteiger partial charge in [-0.2, -0.15) is 0 Å². The molecule has 1 aliphatic rings. The van der Waals surface area contributed by atoms with E-state index in [9.17, 15) is 14.7 Å². The third-order valence-corrected chi connectivity index (χ3v) is 5.52. The molecule has 0 bridgehead atoms. The number of piperidine rings is 1. The number of nitrogens with zero attached hydrogens (tertiary/aromatic N) is 4. The van der Waals surface area contributed by atoms with Crippen molar-refractivity contribution < 1.29 is 9.90 Å². The van der Waals surface area contributed by atoms with E-state index in [0.29, 0.717) is 30.1 Å². The van der Waals surface area contributed by atoms with Crippen LogP contribution in [0, 0.1) is 11.8 Å². The van der Waals surface area contributed by atoms with Gasteiger partial charge in [-0.05, 0) is 38.0 Å². The molecule has 4 rings (SSSR count). The Morgan fingerprint density at radius 1 is 1.32 bits per heavy atom. The maximum absolute atomic E-state index is 13.3. The number of para-hydroxylation sites is 1. The van der Waals surface area contributed by atoms with E-state index in [1.807, 2.05) is 4.57 Å². The quantitative estimate of drug-likeness (QED) is 0.482. The van der Waals surface area contributed by atoms with Crippen LogP contribution in [0.25, 0.3) is 11.0 Å². The van der Waals surface area contributed by atoms with Crippen molar-refractivity contribution in [3.05, 3.63) is 52.4 Å². The van der Waals surface area contributed by atoms with E-state index in [4.69, 9.17) is 10.7 Å². The number of nitrogens with two attached hydrogens (primary N) is 1. The van der Waals surface area contributed by atoms with Crippen LogP contribution in [-0.2, 0) is 13.1 Å². The summed E-state index contributed by atoms with van der Waals surface area (Å²) < 4.78 is 3.16. The molecule has 1 atom stereocenters. The number of carbonyl (C=O) groups is 1. The summed E-state index contributed by atoms with van der Waals surface area (Å²) >= 11 is 0. The van der Waals surface area contributed by atoms with E-state index in [-0.39, 0.29) is 35.2 Å². The molecular weight excluding hydrogens is 394 g/mol. The lowest BCUT2D eigenvalue weighted by Crippen LogP contribution is -2.44. The van der Waals surface area contributed by atoms with Gasteiger partial charge in [0.05, 0.1) is 24.2 Å². The normalized spacial score (nSPS) is 16.2. The average Bonchev–Trinajstić information content (AvgIpc) is 3.13. The molecule has 1 fully saturated rings. The largest absolute Gasteiger partial charge is 0.507 e. The zero-order valence-corrected chi connectivity index (χ0v) is 17.4. The predicted octanol–water partition coefficient (Wildman–Crippen LogP) is 1.74. The molecule has 8 nitrogen and oxygen atoms in total. The number of aromatic hydroxyl groups is 1. The molecule has 2 aromatic heterocycles. The molecule has 1 aliphatic heterocycles. The molecule has 3 N–H and O–H groups in total. The minimum absolute atomic E-state index is 0.0621. The van der Waals surface area contributed by atoms with Crippen LogP contribution in [0.1, 0.15) is 30.1 Å². The number of fused-ring (bicyclic) bond motifs is 1. The second kappa shape index (κ2) is 8.66. The van der Waals surface area contributed by atoms with E-state index in [0.717, 1.165) is 19.4 Å². The Kier molecular flexibility index (Phi) is 5.78. The van der Waals surface area contributed by atoms with Crippen LogP contribution < -0.4 is 16.2 Å². The summed E-state index contributed by atoms with van der Waals surface area (Å²) in [5.41, 5.74) is 6.98. The minimum Gasteiger partial charge on any atom is -0.507 e. The Balaban J connectivity index is 1.77. The van der Waals surface area contributed by atoms with Crippen molar-refractivity contribution in [1.82, 2.24) is 14.1 Å². The molecule has 0 aliphatic carbocycles. The van der Waals surface area contributed by atoms with Gasteiger partial charge in [-0.25, -0.2) is 4.98 Å². The molecule has 0 amide bonds. The van der Waals surface area contributed by atoms with Crippen LogP contribution in [-0.4, -0.2) is 44.1 Å². The van der Waals surface area contributed by atoms with Crippen molar-refractivity contribution in [2.75, 3.05) is 18.0 Å². The van der Waals surface area contributed by atoms with Gasteiger partial charge in [-0.1, -0.05) is 18.1 Å². The first-order chi connectivity index (χ1) is 15.0. The number of anilines is 1. The fourth-order valence-electron chi connectivity index (χ4n) is 3.98. The lowest BCUT2D eigenvalue weighted by Gasteiger charge is -2.31. The van der Waals surface area contributed by atoms with E-state index in [1.54, 1.807) is 37.4 Å². The second-order valence-corrected chi connectivity index (χ2v) is 7.70. The Morgan fingerprint density at radius 2 is 2.13 bits per heavy atom. The number of ketones is 1. The lowest BCUT2D eigenvalue weighted by atomic mass is 10.1. The summed E-state index contributed by atoms with van der Waals surface area (Å²) in [7, 11) is 0. The van der Waals surface area contributed by atoms with Crippen LogP contribution in [0.2, 0.25) is 0 Å². The summed E-state index contributed by atoms with van der Waals surface area (Å²) in [5, 5.41) is 9.96. The number of carbonyl (C=O) groups excluding carboxylic acids is 1. The minimum atomic E-state index is -0.346. The van der Waals surface area contributed by atoms with Gasteiger partial charge >= 0.3 is 0 Å². The Hall–Kier alpha value is -3.57. The molecule has 0 spiro atoms. The third-order valence-electron chi connectivity index (χ3n) is 5.52. The van der Waals surface area contributed by atoms with Gasteiger partial charge in [0.1, 0.15) is 11.3 Å². The number of pyridine rings is 1. The number of aromatic nitrogens is 3. The van der Waals surface area contributed by atoms with E-state index < -0.39 is 0 Å². The fourth-order valence-corrected chi connectivity index (χ4v) is 3.98. The smallest absolute Gasteiger partial charge is 0.277 e. The number of hydrogen-bond donors (Lipinski definition) is 2. The zero-order valence-electron chi connectivity index (χ0n) is 17.4. The van der Waals surface area contributed by atoms with Gasteiger partial charge in [0.2, 0.25) is 5.95 Å². The van der Waals surface area contributed by atoms with Crippen LogP contribution >= 0.6 is 0 Å². The van der Waals surface area contributed by atoms with Gasteiger partial charge in [0, 0.05) is 25.3 Å². The van der Waals surface area contributed by atoms with Gasteiger partial charge in [-0.15, -0.1) is 5.92 Å². The van der Waals surface area contributed by atoms with Crippen molar-refractivity contribution in [2.24, 2.45) is 5.73 Å². The van der Waals surface area contributed by atoms with Crippen molar-refractivity contribution in [1.29, 1.82) is 0 Å². The molecule has 3 aromatic rings. The summed E-state index contributed by atoms with van der Waals surface area (Å²) in [6.45, 7) is 3.37. The molecule has 1 aromatic carbocycles. The summed E-state index contributed by atoms with van der Waals surface area (Å²) in [6, 6.07) is 8.11. The first-order valence-corrected chi connectivity index (χ1v) is 10.3. The predicted molar refractivity (Wildman–Crippen MR) is 119 cm³/mol. The maximum atomic E-state index is 13.3. The van der Waals surface area contributed by atoms with Gasteiger partial charge < -0.3 is 20.3 Å². The lowest BCUT2D eigenvalue weighted by molar-refractivity contribution is 0.0968. The highest BCUT2D eigenvalue weighted by molar-refractivity contribution is 5.98. The molecule has 160 valence electrons. The monoisotopic (exact) mass is 419 g/mol. The van der Waals surface area contributed by atoms with Crippen LogP contribution in [0.15, 0.2) is 41.3 Å². The fraction of sp³-hybridized carbons (Fsp3) is 0.348. The van der Waals surface area contributed by atoms with E-state index in [2.05, 4.69) is 16.7 Å². The van der Waals surface area contributed by atoms with Crippen LogP contribution in [0.5, 0.6) is 5.75 Å². The van der Waals surface area contributed by atoms with Gasteiger partial charge in [-0.3, -0.25) is 14.2 Å². The van der Waals surface area contributed by atoms with Gasteiger partial charge in [0.15, 0.2) is 5.78 Å². The average molecular weight is 419 g/mol. The zero-order chi connectivity index (χ0) is 22.0. The standard InChI is InChI=1S/C23H25N5O3/c1-2-3-12-28-21-18(25-23(28)27-11-6-7-16(24)14-27)10-13-26(22(21)31)15-20(30)17-8-4-5-9-19(17)29/h4-5,8-10,13,16,29H,6-7,11-12,14-15,24H2,1H3. The molecule has 31 heavy (non-hydrogen) atoms. The maximum Gasteiger partial charge on any atom is 0.277 e. The number of imidazole rings is 1. The topological polar surface area (TPSA) is 106 Å².